The first-order chi connectivity index (χ1) is 18.2. The summed E-state index contributed by atoms with van der Waals surface area (Å²) in [5, 5.41) is 11.3. The number of esters is 1. The third kappa shape index (κ3) is 8.42. The van der Waals surface area contributed by atoms with E-state index in [0.29, 0.717) is 50.1 Å². The van der Waals surface area contributed by atoms with Crippen molar-refractivity contribution in [1.29, 1.82) is 0 Å². The maximum atomic E-state index is 13.5. The molecule has 1 unspecified atom stereocenters. The fourth-order valence-corrected chi connectivity index (χ4v) is 4.66. The highest BCUT2D eigenvalue weighted by Gasteiger charge is 2.45. The number of ether oxygens (including phenoxy) is 4. The van der Waals surface area contributed by atoms with E-state index in [1.165, 1.54) is 19.2 Å². The largest absolute Gasteiger partial charge is 0.493 e. The van der Waals surface area contributed by atoms with Gasteiger partial charge in [-0.05, 0) is 58.9 Å². The fraction of sp³-hybridized carbons (Fsp3) is 0.654. The summed E-state index contributed by atoms with van der Waals surface area (Å²) < 4.78 is 20.3. The SMILES string of the molecule is COc1cc2c(cc1OCCCCCC(=O)OCC(Cl)(Cl)Cl)N(C(=O)OC(C)(C)C)[C@@H](O)C1CCCN1C2=O. The smallest absolute Gasteiger partial charge is 0.417 e. The lowest BCUT2D eigenvalue weighted by molar-refractivity contribution is -0.143. The average Bonchev–Trinajstić information content (AvgIpc) is 3.30. The highest BCUT2D eigenvalue weighted by atomic mass is 35.6. The highest BCUT2D eigenvalue weighted by Crippen LogP contribution is 2.41. The van der Waals surface area contributed by atoms with E-state index in [2.05, 4.69) is 0 Å². The van der Waals surface area contributed by atoms with Gasteiger partial charge in [-0.2, -0.15) is 0 Å². The van der Waals surface area contributed by atoms with Crippen LogP contribution in [0.2, 0.25) is 0 Å². The summed E-state index contributed by atoms with van der Waals surface area (Å²) in [6, 6.07) is 2.49. The zero-order chi connectivity index (χ0) is 29.0. The number of hydrogen-bond donors (Lipinski definition) is 1. The van der Waals surface area contributed by atoms with Crippen molar-refractivity contribution in [1.82, 2.24) is 4.90 Å². The molecule has 2 heterocycles. The number of aliphatic hydroxyl groups excluding tert-OH is 1. The molecule has 3 rings (SSSR count). The highest BCUT2D eigenvalue weighted by molar-refractivity contribution is 6.67. The lowest BCUT2D eigenvalue weighted by Gasteiger charge is -2.33. The molecule has 0 spiro atoms. The zero-order valence-electron chi connectivity index (χ0n) is 22.5. The number of anilines is 1. The first-order valence-electron chi connectivity index (χ1n) is 12.8. The van der Waals surface area contributed by atoms with Crippen molar-refractivity contribution >= 4 is 58.5 Å². The molecule has 0 bridgehead atoms. The standard InChI is InChI=1S/C26H35Cl3N2O8/c1-25(2,3)39-24(35)31-18-14-20(37-12-7-5-6-10-21(32)38-15-26(27,28)29)19(36-4)13-16(18)22(33)30-11-8-9-17(30)23(31)34/h13-14,17,23,34H,5-12,15H2,1-4H3/t17?,23-/m0/s1. The van der Waals surface area contributed by atoms with Crippen LogP contribution in [0.1, 0.15) is 69.7 Å². The van der Waals surface area contributed by atoms with E-state index in [4.69, 9.17) is 53.8 Å². The van der Waals surface area contributed by atoms with Crippen LogP contribution in [0.4, 0.5) is 10.5 Å². The van der Waals surface area contributed by atoms with Crippen molar-refractivity contribution < 1.29 is 38.4 Å². The van der Waals surface area contributed by atoms with Crippen molar-refractivity contribution in [3.05, 3.63) is 17.7 Å². The molecule has 1 fully saturated rings. The molecule has 2 amide bonds. The molecule has 13 heteroatoms. The number of nitrogens with zero attached hydrogens (tertiary/aromatic N) is 2. The van der Waals surface area contributed by atoms with Gasteiger partial charge in [0.25, 0.3) is 5.91 Å². The Morgan fingerprint density at radius 2 is 1.82 bits per heavy atom. The van der Waals surface area contributed by atoms with Crippen LogP contribution in [0.25, 0.3) is 0 Å². The molecule has 0 radical (unpaired) electrons. The molecule has 10 nitrogen and oxygen atoms in total. The van der Waals surface area contributed by atoms with E-state index in [0.717, 1.165) is 4.90 Å². The minimum Gasteiger partial charge on any atom is -0.493 e. The number of hydrogen-bond acceptors (Lipinski definition) is 8. The average molecular weight is 610 g/mol. The number of methoxy groups -OCH3 is 1. The Kier molecular flexibility index (Phi) is 10.5. The van der Waals surface area contributed by atoms with Gasteiger partial charge in [0, 0.05) is 19.0 Å². The summed E-state index contributed by atoms with van der Waals surface area (Å²) in [6.07, 6.45) is 1.19. The summed E-state index contributed by atoms with van der Waals surface area (Å²) >= 11 is 16.7. The van der Waals surface area contributed by atoms with Crippen LogP contribution in [-0.4, -0.2) is 76.5 Å². The van der Waals surface area contributed by atoms with Crippen molar-refractivity contribution in [3.63, 3.8) is 0 Å². The number of fused-ring (bicyclic) bond motifs is 2. The van der Waals surface area contributed by atoms with Crippen LogP contribution in [0.15, 0.2) is 12.1 Å². The molecule has 0 aromatic heterocycles. The number of benzene rings is 1. The Morgan fingerprint density at radius 1 is 1.10 bits per heavy atom. The Morgan fingerprint density at radius 3 is 2.46 bits per heavy atom. The Bertz CT molecular complexity index is 1060. The van der Waals surface area contributed by atoms with Gasteiger partial charge in [-0.3, -0.25) is 9.59 Å². The van der Waals surface area contributed by atoms with Gasteiger partial charge in [-0.25, -0.2) is 9.69 Å². The number of carbonyl (C=O) groups is 3. The first-order valence-corrected chi connectivity index (χ1v) is 13.9. The van der Waals surface area contributed by atoms with Crippen molar-refractivity contribution in [3.8, 4) is 11.5 Å². The molecule has 2 aliphatic rings. The molecule has 2 aliphatic heterocycles. The molecule has 0 saturated carbocycles. The van der Waals surface area contributed by atoms with E-state index in [-0.39, 0.29) is 36.8 Å². The summed E-state index contributed by atoms with van der Waals surface area (Å²) in [6.45, 7) is 5.62. The predicted molar refractivity (Wildman–Crippen MR) is 147 cm³/mol. The number of aliphatic hydroxyl groups is 1. The molecule has 1 N–H and O–H groups in total. The molecule has 0 aliphatic carbocycles. The van der Waals surface area contributed by atoms with Gasteiger partial charge in [0.1, 0.15) is 12.2 Å². The lowest BCUT2D eigenvalue weighted by atomic mass is 10.1. The number of halogens is 3. The number of unbranched alkanes of at least 4 members (excludes halogenated alkanes) is 2. The molecule has 218 valence electrons. The monoisotopic (exact) mass is 608 g/mol. The van der Waals surface area contributed by atoms with Gasteiger partial charge in [0.05, 0.1) is 31.0 Å². The third-order valence-corrected chi connectivity index (χ3v) is 6.54. The van der Waals surface area contributed by atoms with Crippen molar-refractivity contribution in [2.24, 2.45) is 0 Å². The van der Waals surface area contributed by atoms with Crippen molar-refractivity contribution in [2.75, 3.05) is 31.8 Å². The Hall–Kier alpha value is -2.14. The second-order valence-electron chi connectivity index (χ2n) is 10.4. The van der Waals surface area contributed by atoms with Crippen LogP contribution < -0.4 is 14.4 Å². The minimum absolute atomic E-state index is 0.172. The normalized spacial score (nSPS) is 19.2. The van der Waals surface area contributed by atoms with E-state index in [1.54, 1.807) is 25.7 Å². The van der Waals surface area contributed by atoms with Crippen LogP contribution in [-0.2, 0) is 14.3 Å². The molecule has 1 saturated heterocycles. The lowest BCUT2D eigenvalue weighted by Crippen LogP contribution is -2.51. The van der Waals surface area contributed by atoms with Crippen LogP contribution in [0.3, 0.4) is 0 Å². The first kappa shape index (κ1) is 31.4. The maximum absolute atomic E-state index is 13.5. The summed E-state index contributed by atoms with van der Waals surface area (Å²) in [5.41, 5.74) is -0.424. The van der Waals surface area contributed by atoms with E-state index >= 15 is 0 Å². The van der Waals surface area contributed by atoms with Gasteiger partial charge >= 0.3 is 12.1 Å². The summed E-state index contributed by atoms with van der Waals surface area (Å²) in [4.78, 5) is 41.2. The van der Waals surface area contributed by atoms with Crippen LogP contribution in [0, 0.1) is 0 Å². The minimum atomic E-state index is -1.65. The molecular formula is C26H35Cl3N2O8. The molecule has 1 aromatic rings. The molecule has 2 atom stereocenters. The van der Waals surface area contributed by atoms with Crippen LogP contribution >= 0.6 is 34.8 Å². The summed E-state index contributed by atoms with van der Waals surface area (Å²) in [5.74, 6) is -0.146. The van der Waals surface area contributed by atoms with Gasteiger partial charge in [-0.1, -0.05) is 34.8 Å². The Labute approximate surface area is 243 Å². The zero-order valence-corrected chi connectivity index (χ0v) is 24.8. The second-order valence-corrected chi connectivity index (χ2v) is 12.9. The molecule has 1 aromatic carbocycles. The van der Waals surface area contributed by atoms with E-state index < -0.39 is 33.7 Å². The number of rotatable bonds is 9. The summed E-state index contributed by atoms with van der Waals surface area (Å²) in [7, 11) is 1.46. The van der Waals surface area contributed by atoms with Crippen molar-refractivity contribution in [2.45, 2.75) is 81.0 Å². The molecule has 39 heavy (non-hydrogen) atoms. The van der Waals surface area contributed by atoms with Gasteiger partial charge in [0.2, 0.25) is 3.79 Å². The van der Waals surface area contributed by atoms with Gasteiger partial charge in [0.15, 0.2) is 17.7 Å². The van der Waals surface area contributed by atoms with Gasteiger partial charge < -0.3 is 29.0 Å². The van der Waals surface area contributed by atoms with Crippen LogP contribution in [0.5, 0.6) is 11.5 Å². The Balaban J connectivity index is 1.74. The number of carbonyl (C=O) groups excluding carboxylic acids is 3. The number of amides is 2. The van der Waals surface area contributed by atoms with E-state index in [9.17, 15) is 19.5 Å². The quantitative estimate of drug-likeness (QED) is 0.230. The maximum Gasteiger partial charge on any atom is 0.417 e. The van der Waals surface area contributed by atoms with E-state index in [1.807, 2.05) is 0 Å². The second kappa shape index (κ2) is 13.0. The van der Waals surface area contributed by atoms with Gasteiger partial charge in [-0.15, -0.1) is 0 Å². The topological polar surface area (TPSA) is 115 Å². The fourth-order valence-electron chi connectivity index (χ4n) is 4.50. The molecular weight excluding hydrogens is 575 g/mol. The predicted octanol–water partition coefficient (Wildman–Crippen LogP) is 5.23. The number of alkyl halides is 3. The third-order valence-electron chi connectivity index (χ3n) is 6.21.